The Bertz CT molecular complexity index is 1160. The van der Waals surface area contributed by atoms with Crippen molar-refractivity contribution < 1.29 is 23.1 Å². The smallest absolute Gasteiger partial charge is 0.391 e. The normalized spacial score (nSPS) is 19.2. The van der Waals surface area contributed by atoms with Crippen molar-refractivity contribution in [3.05, 3.63) is 54.0 Å². The van der Waals surface area contributed by atoms with Crippen LogP contribution in [-0.4, -0.2) is 62.7 Å². The van der Waals surface area contributed by atoms with E-state index in [-0.39, 0.29) is 12.5 Å². The molecule has 3 N–H and O–H groups in total. The van der Waals surface area contributed by atoms with Crippen LogP contribution in [0.5, 0.6) is 0 Å². The number of alkyl halides is 3. The van der Waals surface area contributed by atoms with E-state index >= 15 is 0 Å². The van der Waals surface area contributed by atoms with E-state index in [1.165, 1.54) is 18.5 Å². The maximum atomic E-state index is 12.9. The third kappa shape index (κ3) is 5.73. The molecule has 0 spiro atoms. The summed E-state index contributed by atoms with van der Waals surface area (Å²) in [6.07, 6.45) is -0.835. The Morgan fingerprint density at radius 3 is 2.60 bits per heavy atom. The molecule has 1 amide bonds. The Morgan fingerprint density at radius 2 is 1.97 bits per heavy atom. The summed E-state index contributed by atoms with van der Waals surface area (Å²) in [5.74, 6) is 0.295. The number of carbonyl (C=O) groups excluding carboxylic acids is 1. The molecule has 2 atom stereocenters. The number of primary amides is 1. The molecule has 0 saturated carbocycles. The zero-order valence-electron chi connectivity index (χ0n) is 19.4. The molecule has 1 aromatic carbocycles. The second-order valence-corrected chi connectivity index (χ2v) is 8.93. The lowest BCUT2D eigenvalue weighted by atomic mass is 9.93. The van der Waals surface area contributed by atoms with Crippen molar-refractivity contribution in [1.82, 2.24) is 19.4 Å². The number of carbonyl (C=O) groups is 1. The summed E-state index contributed by atoms with van der Waals surface area (Å²) in [6.45, 7) is 4.75. The van der Waals surface area contributed by atoms with Crippen LogP contribution in [0.4, 0.5) is 19.0 Å². The second kappa shape index (κ2) is 10.2. The lowest BCUT2D eigenvalue weighted by molar-refractivity contribution is -0.137. The molecule has 8 nitrogen and oxygen atoms in total. The number of β-amino-alcohol motifs (C(OH)–C–C–N with tert-alkyl or cyclic N) is 1. The molecule has 2 aromatic heterocycles. The molecule has 35 heavy (non-hydrogen) atoms. The molecular weight excluding hydrogens is 461 g/mol. The monoisotopic (exact) mass is 490 g/mol. The summed E-state index contributed by atoms with van der Waals surface area (Å²) in [5.41, 5.74) is 6.07. The van der Waals surface area contributed by atoms with Gasteiger partial charge in [-0.2, -0.15) is 13.2 Å². The van der Waals surface area contributed by atoms with Gasteiger partial charge in [-0.25, -0.2) is 9.97 Å². The molecule has 0 aliphatic carbocycles. The summed E-state index contributed by atoms with van der Waals surface area (Å²) in [6, 6.07) is 7.08. The number of aliphatic hydroxyl groups excluding tert-OH is 1. The summed E-state index contributed by atoms with van der Waals surface area (Å²) in [7, 11) is 0. The fourth-order valence-corrected chi connectivity index (χ4v) is 4.62. The van der Waals surface area contributed by atoms with Gasteiger partial charge in [0.15, 0.2) is 0 Å². The number of hydrogen-bond donors (Lipinski definition) is 2. The number of nitrogens with two attached hydrogens (primary N) is 1. The number of benzene rings is 1. The van der Waals surface area contributed by atoms with E-state index in [1.807, 2.05) is 33.6 Å². The van der Waals surface area contributed by atoms with E-state index in [9.17, 15) is 23.1 Å². The fourth-order valence-electron chi connectivity index (χ4n) is 4.62. The first-order valence-electron chi connectivity index (χ1n) is 11.6. The number of aromatic nitrogens is 3. The maximum absolute atomic E-state index is 12.9. The molecular formula is C24H29F3N6O2. The summed E-state index contributed by atoms with van der Waals surface area (Å²) >= 11 is 0. The van der Waals surface area contributed by atoms with Crippen LogP contribution in [0.15, 0.2) is 42.9 Å². The highest BCUT2D eigenvalue weighted by atomic mass is 19.4. The average Bonchev–Trinajstić information content (AvgIpc) is 3.21. The standard InChI is InChI=1S/C24H29F3N6O2/c1-2-32(11-16-3-5-18(6-4-16)24(25,26)27)22-19-8-10-33(23(19)30-15-29-22)12-17-7-9-31(13-20(17)34)14-21(28)35/h3-6,8,10,15,17,20,34H,2,7,9,11-14H2,1H3,(H2,28,35)/t17-,20+/m0/s1. The lowest BCUT2D eigenvalue weighted by Gasteiger charge is -2.35. The molecule has 0 radical (unpaired) electrons. The zero-order valence-corrected chi connectivity index (χ0v) is 19.4. The Labute approximate surface area is 201 Å². The van der Waals surface area contributed by atoms with Gasteiger partial charge >= 0.3 is 6.18 Å². The summed E-state index contributed by atoms with van der Waals surface area (Å²) in [4.78, 5) is 23.9. The van der Waals surface area contributed by atoms with Gasteiger partial charge < -0.3 is 20.3 Å². The van der Waals surface area contributed by atoms with Crippen LogP contribution in [0, 0.1) is 5.92 Å². The van der Waals surface area contributed by atoms with E-state index in [2.05, 4.69) is 9.97 Å². The van der Waals surface area contributed by atoms with Gasteiger partial charge in [-0.15, -0.1) is 0 Å². The van der Waals surface area contributed by atoms with Crippen molar-refractivity contribution in [2.24, 2.45) is 11.7 Å². The highest BCUT2D eigenvalue weighted by molar-refractivity contribution is 5.87. The maximum Gasteiger partial charge on any atom is 0.416 e. The number of rotatable bonds is 8. The predicted octanol–water partition coefficient (Wildman–Crippen LogP) is 2.64. The lowest BCUT2D eigenvalue weighted by Crippen LogP contribution is -2.47. The third-order valence-electron chi connectivity index (χ3n) is 6.49. The molecule has 188 valence electrons. The molecule has 1 aliphatic rings. The highest BCUT2D eigenvalue weighted by Crippen LogP contribution is 2.30. The minimum absolute atomic E-state index is 0.00238. The number of halogens is 3. The van der Waals surface area contributed by atoms with Gasteiger partial charge in [-0.05, 0) is 43.7 Å². The van der Waals surface area contributed by atoms with E-state index in [0.717, 1.165) is 35.2 Å². The second-order valence-electron chi connectivity index (χ2n) is 8.93. The van der Waals surface area contributed by atoms with Crippen molar-refractivity contribution in [2.45, 2.75) is 38.7 Å². The third-order valence-corrected chi connectivity index (χ3v) is 6.49. The molecule has 3 aromatic rings. The molecule has 0 bridgehead atoms. The minimum Gasteiger partial charge on any atom is -0.391 e. The quantitative estimate of drug-likeness (QED) is 0.504. The van der Waals surface area contributed by atoms with Crippen LogP contribution in [0.1, 0.15) is 24.5 Å². The molecule has 4 rings (SSSR count). The van der Waals surface area contributed by atoms with Crippen LogP contribution in [0.2, 0.25) is 0 Å². The van der Waals surface area contributed by atoms with Crippen molar-refractivity contribution in [3.8, 4) is 0 Å². The molecule has 3 heterocycles. The first kappa shape index (κ1) is 24.9. The van der Waals surface area contributed by atoms with Crippen LogP contribution in [-0.2, 0) is 24.1 Å². The number of hydrogen-bond acceptors (Lipinski definition) is 6. The van der Waals surface area contributed by atoms with E-state index in [1.54, 1.807) is 0 Å². The van der Waals surface area contributed by atoms with Gasteiger partial charge in [0, 0.05) is 38.3 Å². The number of nitrogens with zero attached hydrogens (tertiary/aromatic N) is 5. The number of likely N-dealkylation sites (tertiary alicyclic amines) is 1. The molecule has 1 fully saturated rings. The van der Waals surface area contributed by atoms with Crippen molar-refractivity contribution >= 4 is 22.8 Å². The fraction of sp³-hybridized carbons (Fsp3) is 0.458. The van der Waals surface area contributed by atoms with Gasteiger partial charge in [-0.3, -0.25) is 9.69 Å². The van der Waals surface area contributed by atoms with Crippen LogP contribution in [0.25, 0.3) is 11.0 Å². The summed E-state index contributed by atoms with van der Waals surface area (Å²) in [5, 5.41) is 11.5. The largest absolute Gasteiger partial charge is 0.416 e. The Hall–Kier alpha value is -3.18. The SMILES string of the molecule is CCN(Cc1ccc(C(F)(F)F)cc1)c1ncnc2c1ccn2C[C@@H]1CCN(CC(N)=O)C[C@H]1O. The van der Waals surface area contributed by atoms with Crippen molar-refractivity contribution in [2.75, 3.05) is 31.1 Å². The van der Waals surface area contributed by atoms with Gasteiger partial charge in [0.1, 0.15) is 17.8 Å². The first-order valence-corrected chi connectivity index (χ1v) is 11.6. The molecule has 1 aliphatic heterocycles. The zero-order chi connectivity index (χ0) is 25.2. The van der Waals surface area contributed by atoms with Crippen LogP contribution < -0.4 is 10.6 Å². The Kier molecular flexibility index (Phi) is 7.27. The Balaban J connectivity index is 1.50. The van der Waals surface area contributed by atoms with Crippen molar-refractivity contribution in [3.63, 3.8) is 0 Å². The van der Waals surface area contributed by atoms with Crippen molar-refractivity contribution in [1.29, 1.82) is 0 Å². The molecule has 11 heteroatoms. The highest BCUT2D eigenvalue weighted by Gasteiger charge is 2.30. The van der Waals surface area contributed by atoms with Gasteiger partial charge in [0.25, 0.3) is 0 Å². The molecule has 1 saturated heterocycles. The van der Waals surface area contributed by atoms with Gasteiger partial charge in [0.2, 0.25) is 5.91 Å². The van der Waals surface area contributed by atoms with Crippen LogP contribution in [0.3, 0.4) is 0 Å². The average molecular weight is 491 g/mol. The number of piperidine rings is 1. The molecule has 0 unspecified atom stereocenters. The minimum atomic E-state index is -4.36. The predicted molar refractivity (Wildman–Crippen MR) is 125 cm³/mol. The number of anilines is 1. The van der Waals surface area contributed by atoms with Crippen LogP contribution >= 0.6 is 0 Å². The summed E-state index contributed by atoms with van der Waals surface area (Å²) < 4.78 is 40.6. The Morgan fingerprint density at radius 1 is 1.23 bits per heavy atom. The van der Waals surface area contributed by atoms with Gasteiger partial charge in [-0.1, -0.05) is 12.1 Å². The van der Waals surface area contributed by atoms with E-state index in [0.29, 0.717) is 38.5 Å². The first-order chi connectivity index (χ1) is 16.7. The number of fused-ring (bicyclic) bond motifs is 1. The topological polar surface area (TPSA) is 101 Å². The number of amides is 1. The van der Waals surface area contributed by atoms with Gasteiger partial charge in [0.05, 0.1) is 23.6 Å². The van der Waals surface area contributed by atoms with E-state index < -0.39 is 23.8 Å². The number of aliphatic hydroxyl groups is 1. The van der Waals surface area contributed by atoms with E-state index in [4.69, 9.17) is 5.73 Å².